The highest BCUT2D eigenvalue weighted by atomic mass is 16.3. The van der Waals surface area contributed by atoms with Crippen LogP contribution in [0.5, 0.6) is 0 Å². The molecule has 0 bridgehead atoms. The average molecular weight is 471 g/mol. The highest BCUT2D eigenvalue weighted by Crippen LogP contribution is 2.59. The molecular formula is C30H46O4. The van der Waals surface area contributed by atoms with E-state index in [9.17, 15) is 20.1 Å². The van der Waals surface area contributed by atoms with Gasteiger partial charge in [-0.15, -0.1) is 0 Å². The molecule has 0 aromatic rings. The molecule has 3 N–H and O–H groups in total. The van der Waals surface area contributed by atoms with Gasteiger partial charge in [0.2, 0.25) is 0 Å². The summed E-state index contributed by atoms with van der Waals surface area (Å²) in [4.78, 5) is 9.44. The number of Topliss-reactive ketones (excluding diaryl/α,β-unsaturated/α-hetero) is 1. The van der Waals surface area contributed by atoms with Crippen molar-refractivity contribution in [2.24, 2.45) is 29.1 Å². The van der Waals surface area contributed by atoms with Crippen molar-refractivity contribution in [3.63, 3.8) is 0 Å². The molecule has 4 rings (SSSR count). The van der Waals surface area contributed by atoms with Crippen LogP contribution in [0.15, 0.2) is 47.6 Å². The van der Waals surface area contributed by atoms with Crippen molar-refractivity contribution in [1.29, 1.82) is 0 Å². The summed E-state index contributed by atoms with van der Waals surface area (Å²) in [6, 6.07) is 0. The number of hydrogen-bond acceptors (Lipinski definition) is 4. The molecule has 0 saturated heterocycles. The van der Waals surface area contributed by atoms with E-state index in [4.69, 9.17) is 0 Å². The molecule has 0 unspecified atom stereocenters. The Kier molecular flexibility index (Phi) is 9.16. The Hall–Kier alpha value is -1.49. The molecule has 4 nitrogen and oxygen atoms in total. The number of allylic oxidation sites excluding steroid dienone is 4. The van der Waals surface area contributed by atoms with Gasteiger partial charge >= 0.3 is 0 Å². The van der Waals surface area contributed by atoms with Gasteiger partial charge in [-0.25, -0.2) is 0 Å². The van der Waals surface area contributed by atoms with Gasteiger partial charge < -0.3 is 20.1 Å². The lowest BCUT2D eigenvalue weighted by Gasteiger charge is -2.44. The van der Waals surface area contributed by atoms with Crippen molar-refractivity contribution in [3.05, 3.63) is 47.6 Å². The van der Waals surface area contributed by atoms with E-state index in [-0.39, 0.29) is 11.9 Å². The first-order valence-electron chi connectivity index (χ1n) is 13.3. The number of carbonyl (C=O) groups excluding carboxylic acids is 1. The lowest BCUT2D eigenvalue weighted by atomic mass is 9.61. The van der Waals surface area contributed by atoms with Crippen LogP contribution in [0, 0.1) is 29.1 Å². The molecule has 34 heavy (non-hydrogen) atoms. The fraction of sp³-hybridized carbons (Fsp3) is 0.700. The predicted octanol–water partition coefficient (Wildman–Crippen LogP) is 5.69. The molecule has 4 saturated carbocycles. The average Bonchev–Trinajstić information content (AvgIpc) is 3.54. The smallest absolute Gasteiger partial charge is 0.126 e. The van der Waals surface area contributed by atoms with Gasteiger partial charge in [-0.3, -0.25) is 0 Å². The Bertz CT molecular complexity index is 829. The third-order valence-electron chi connectivity index (χ3n) is 8.65. The van der Waals surface area contributed by atoms with Gasteiger partial charge in [0.25, 0.3) is 0 Å². The first-order chi connectivity index (χ1) is 16.0. The van der Waals surface area contributed by atoms with Crippen molar-refractivity contribution in [2.45, 2.75) is 104 Å². The SMILES string of the molecule is C=C1/C(=C\C=C2/CCC[C@]3(C)[C@@H]([C@H](C)/C=C/[C@@H](O)C4CC4)CC[C@@H]23)C[C@@H](O)C[C@@H]1O.CC(C)=O. The van der Waals surface area contributed by atoms with Crippen LogP contribution in [0.25, 0.3) is 0 Å². The fourth-order valence-corrected chi connectivity index (χ4v) is 6.63. The Labute approximate surface area is 206 Å². The molecule has 4 aliphatic rings. The summed E-state index contributed by atoms with van der Waals surface area (Å²) >= 11 is 0. The van der Waals surface area contributed by atoms with Gasteiger partial charge in [0.05, 0.1) is 18.3 Å². The highest BCUT2D eigenvalue weighted by molar-refractivity contribution is 5.72. The lowest BCUT2D eigenvalue weighted by Crippen LogP contribution is -2.35. The van der Waals surface area contributed by atoms with Gasteiger partial charge in [0, 0.05) is 6.42 Å². The molecule has 0 aromatic carbocycles. The molecular weight excluding hydrogens is 424 g/mol. The number of carbonyl (C=O) groups is 1. The van der Waals surface area contributed by atoms with Crippen molar-refractivity contribution in [3.8, 4) is 0 Å². The summed E-state index contributed by atoms with van der Waals surface area (Å²) in [5.74, 6) is 2.44. The maximum Gasteiger partial charge on any atom is 0.126 e. The molecule has 4 aliphatic carbocycles. The Morgan fingerprint density at radius 3 is 2.44 bits per heavy atom. The van der Waals surface area contributed by atoms with Crippen LogP contribution in [0.1, 0.15) is 85.5 Å². The van der Waals surface area contributed by atoms with Crippen LogP contribution in [0.4, 0.5) is 0 Å². The van der Waals surface area contributed by atoms with Crippen molar-refractivity contribution < 1.29 is 20.1 Å². The predicted molar refractivity (Wildman–Crippen MR) is 138 cm³/mol. The zero-order chi connectivity index (χ0) is 25.0. The lowest BCUT2D eigenvalue weighted by molar-refractivity contribution is -0.115. The third-order valence-corrected chi connectivity index (χ3v) is 8.65. The van der Waals surface area contributed by atoms with E-state index in [1.165, 1.54) is 57.9 Å². The van der Waals surface area contributed by atoms with Gasteiger partial charge in [-0.2, -0.15) is 0 Å². The van der Waals surface area contributed by atoms with Crippen molar-refractivity contribution >= 4 is 5.78 Å². The zero-order valence-electron chi connectivity index (χ0n) is 21.7. The van der Waals surface area contributed by atoms with Crippen LogP contribution in [-0.4, -0.2) is 39.4 Å². The topological polar surface area (TPSA) is 77.8 Å². The summed E-state index contributed by atoms with van der Waals surface area (Å²) < 4.78 is 0. The van der Waals surface area contributed by atoms with Gasteiger partial charge in [0.1, 0.15) is 5.78 Å². The first-order valence-corrected chi connectivity index (χ1v) is 13.3. The quantitative estimate of drug-likeness (QED) is 0.451. The molecule has 0 amide bonds. The second-order valence-electron chi connectivity index (χ2n) is 11.6. The number of rotatable bonds is 5. The minimum atomic E-state index is -0.621. The van der Waals surface area contributed by atoms with Crippen molar-refractivity contribution in [1.82, 2.24) is 0 Å². The Morgan fingerprint density at radius 1 is 1.12 bits per heavy atom. The molecule has 190 valence electrons. The molecule has 4 heteroatoms. The summed E-state index contributed by atoms with van der Waals surface area (Å²) in [7, 11) is 0. The number of fused-ring (bicyclic) bond motifs is 1. The monoisotopic (exact) mass is 470 g/mol. The molecule has 7 atom stereocenters. The standard InChI is InChI=1S/C27H40O3.C3H6O/c1-17(6-13-25(29)20-8-9-20)23-11-12-24-19(5-4-14-27(23,24)3)7-10-21-15-22(28)16-26(30)18(21)2;1-3(2)4/h6-7,10,13,17,20,22-26,28-30H,2,4-5,8-9,11-12,14-16H2,1,3H3;1-2H3/b13-6+,19-7+,21-10-;/t17-,22-,23-,24+,25-,26+,27-;/m1./s1. The van der Waals surface area contributed by atoms with Gasteiger partial charge in [-0.05, 0) is 105 Å². The Morgan fingerprint density at radius 2 is 1.79 bits per heavy atom. The van der Waals surface area contributed by atoms with E-state index in [0.29, 0.717) is 41.9 Å². The summed E-state index contributed by atoms with van der Waals surface area (Å²) in [6.45, 7) is 11.9. The van der Waals surface area contributed by atoms with Crippen LogP contribution >= 0.6 is 0 Å². The number of aliphatic hydroxyl groups is 3. The van der Waals surface area contributed by atoms with Gasteiger partial charge in [0.15, 0.2) is 0 Å². The third kappa shape index (κ3) is 6.59. The molecule has 0 radical (unpaired) electrons. The minimum absolute atomic E-state index is 0.167. The van der Waals surface area contributed by atoms with Gasteiger partial charge in [-0.1, -0.05) is 50.3 Å². The number of aliphatic hydroxyl groups excluding tert-OH is 3. The summed E-state index contributed by atoms with van der Waals surface area (Å²) in [6.07, 6.45) is 16.9. The molecule has 0 heterocycles. The highest BCUT2D eigenvalue weighted by Gasteiger charge is 2.50. The van der Waals surface area contributed by atoms with Crippen LogP contribution in [0.2, 0.25) is 0 Å². The summed E-state index contributed by atoms with van der Waals surface area (Å²) in [5, 5.41) is 30.4. The van der Waals surface area contributed by atoms with E-state index >= 15 is 0 Å². The molecule has 4 fully saturated rings. The normalized spacial score (nSPS) is 37.9. The van der Waals surface area contributed by atoms with E-state index < -0.39 is 12.2 Å². The van der Waals surface area contributed by atoms with Crippen LogP contribution in [-0.2, 0) is 4.79 Å². The summed E-state index contributed by atoms with van der Waals surface area (Å²) in [5.41, 5.74) is 3.63. The van der Waals surface area contributed by atoms with E-state index in [2.05, 4.69) is 44.7 Å². The van der Waals surface area contributed by atoms with Crippen LogP contribution < -0.4 is 0 Å². The largest absolute Gasteiger partial charge is 0.393 e. The molecule has 0 aromatic heterocycles. The number of ketones is 1. The maximum atomic E-state index is 10.2. The van der Waals surface area contributed by atoms with E-state index in [1.807, 2.05) is 0 Å². The van der Waals surface area contributed by atoms with Crippen LogP contribution in [0.3, 0.4) is 0 Å². The van der Waals surface area contributed by atoms with Crippen molar-refractivity contribution in [2.75, 3.05) is 0 Å². The zero-order valence-corrected chi connectivity index (χ0v) is 21.7. The second kappa shape index (κ2) is 11.5. The van der Waals surface area contributed by atoms with E-state index in [1.54, 1.807) is 0 Å². The minimum Gasteiger partial charge on any atom is -0.393 e. The first kappa shape index (κ1) is 27.1. The molecule has 0 aliphatic heterocycles. The molecule has 0 spiro atoms. The fourth-order valence-electron chi connectivity index (χ4n) is 6.63. The maximum absolute atomic E-state index is 10.2. The second-order valence-corrected chi connectivity index (χ2v) is 11.6. The van der Waals surface area contributed by atoms with E-state index in [0.717, 1.165) is 17.6 Å². The Balaban J connectivity index is 0.000000751. The number of hydrogen-bond donors (Lipinski definition) is 3.